The highest BCUT2D eigenvalue weighted by Crippen LogP contribution is 2.21. The van der Waals surface area contributed by atoms with Crippen molar-refractivity contribution in [3.05, 3.63) is 39.4 Å². The molecule has 0 N–H and O–H groups in total. The minimum atomic E-state index is -5.05. The third-order valence-corrected chi connectivity index (χ3v) is 2.06. The number of nitrogens with zero attached hydrogens (tertiary/aromatic N) is 1. The third-order valence-electron chi connectivity index (χ3n) is 2.06. The van der Waals surface area contributed by atoms with E-state index in [1.807, 2.05) is 0 Å². The minimum Gasteiger partial charge on any atom is -0.454 e. The van der Waals surface area contributed by atoms with E-state index in [0.29, 0.717) is 0 Å². The van der Waals surface area contributed by atoms with Gasteiger partial charge in [-0.15, -0.1) is 0 Å². The summed E-state index contributed by atoms with van der Waals surface area (Å²) in [6.45, 7) is 0.852. The van der Waals surface area contributed by atoms with Gasteiger partial charge in [0.05, 0.1) is 4.92 Å². The molecule has 0 fully saturated rings. The highest BCUT2D eigenvalue weighted by Gasteiger charge is 2.40. The lowest BCUT2D eigenvalue weighted by Crippen LogP contribution is -2.25. The van der Waals surface area contributed by atoms with E-state index in [1.54, 1.807) is 0 Å². The predicted octanol–water partition coefficient (Wildman–Crippen LogP) is 2.51. The van der Waals surface area contributed by atoms with E-state index in [-0.39, 0.29) is 16.8 Å². The van der Waals surface area contributed by atoms with E-state index >= 15 is 0 Å². The molecule has 0 saturated carbocycles. The number of benzene rings is 1. The molecule has 98 valence electrons. The van der Waals surface area contributed by atoms with Crippen LogP contribution < -0.4 is 0 Å². The SMILES string of the molecule is Cc1cc(COC(=O)C(F)(F)F)ccc1[N+](=O)[O-]. The molecule has 5 nitrogen and oxygen atoms in total. The van der Waals surface area contributed by atoms with Gasteiger partial charge in [0, 0.05) is 11.6 Å². The summed E-state index contributed by atoms with van der Waals surface area (Å²) in [6, 6.07) is 3.67. The first-order valence-corrected chi connectivity index (χ1v) is 4.69. The second-order valence-electron chi connectivity index (χ2n) is 3.45. The van der Waals surface area contributed by atoms with Crippen molar-refractivity contribution < 1.29 is 27.6 Å². The lowest BCUT2D eigenvalue weighted by atomic mass is 10.1. The highest BCUT2D eigenvalue weighted by atomic mass is 19.4. The predicted molar refractivity (Wildman–Crippen MR) is 53.7 cm³/mol. The van der Waals surface area contributed by atoms with Crippen molar-refractivity contribution in [2.45, 2.75) is 19.7 Å². The number of alkyl halides is 3. The van der Waals surface area contributed by atoms with Gasteiger partial charge in [-0.2, -0.15) is 13.2 Å². The van der Waals surface area contributed by atoms with Crippen LogP contribution in [0.2, 0.25) is 0 Å². The van der Waals surface area contributed by atoms with Crippen LogP contribution in [0.4, 0.5) is 18.9 Å². The summed E-state index contributed by atoms with van der Waals surface area (Å²) in [7, 11) is 0. The molecule has 0 aromatic heterocycles. The van der Waals surface area contributed by atoms with Crippen LogP contribution in [0.5, 0.6) is 0 Å². The maximum absolute atomic E-state index is 11.8. The summed E-state index contributed by atoms with van der Waals surface area (Å²) >= 11 is 0. The molecule has 0 atom stereocenters. The molecule has 0 unspecified atom stereocenters. The van der Waals surface area contributed by atoms with Gasteiger partial charge in [0.1, 0.15) is 6.61 Å². The number of aryl methyl sites for hydroxylation is 1. The van der Waals surface area contributed by atoms with Crippen molar-refractivity contribution in [1.82, 2.24) is 0 Å². The number of ether oxygens (including phenoxy) is 1. The van der Waals surface area contributed by atoms with E-state index in [0.717, 1.165) is 6.07 Å². The van der Waals surface area contributed by atoms with Crippen LogP contribution >= 0.6 is 0 Å². The summed E-state index contributed by atoms with van der Waals surface area (Å²) in [4.78, 5) is 20.3. The Kier molecular flexibility index (Phi) is 3.89. The van der Waals surface area contributed by atoms with Crippen LogP contribution in [-0.4, -0.2) is 17.1 Å². The summed E-state index contributed by atoms with van der Waals surface area (Å²) in [5.74, 6) is -2.29. The maximum Gasteiger partial charge on any atom is 0.490 e. The molecule has 0 heterocycles. The quantitative estimate of drug-likeness (QED) is 0.477. The second kappa shape index (κ2) is 5.03. The van der Waals surface area contributed by atoms with Crippen molar-refractivity contribution in [1.29, 1.82) is 0 Å². The molecular formula is C10H8F3NO4. The topological polar surface area (TPSA) is 69.4 Å². The second-order valence-corrected chi connectivity index (χ2v) is 3.45. The zero-order chi connectivity index (χ0) is 13.9. The summed E-state index contributed by atoms with van der Waals surface area (Å²) in [6.07, 6.45) is -5.05. The van der Waals surface area contributed by atoms with Crippen molar-refractivity contribution in [2.24, 2.45) is 0 Å². The Morgan fingerprint density at radius 1 is 1.44 bits per heavy atom. The van der Waals surface area contributed by atoms with Gasteiger partial charge in [-0.3, -0.25) is 10.1 Å². The molecule has 0 spiro atoms. The number of rotatable bonds is 3. The number of nitro benzene ring substituents is 1. The zero-order valence-electron chi connectivity index (χ0n) is 9.15. The van der Waals surface area contributed by atoms with Gasteiger partial charge in [-0.25, -0.2) is 4.79 Å². The minimum absolute atomic E-state index is 0.152. The molecule has 0 aliphatic heterocycles. The first kappa shape index (κ1) is 13.9. The summed E-state index contributed by atoms with van der Waals surface area (Å²) in [5.41, 5.74) is 0.372. The van der Waals surface area contributed by atoms with Crippen molar-refractivity contribution in [2.75, 3.05) is 0 Å². The van der Waals surface area contributed by atoms with Gasteiger partial charge in [-0.05, 0) is 24.6 Å². The Bertz CT molecular complexity index is 485. The molecule has 1 rings (SSSR count). The smallest absolute Gasteiger partial charge is 0.454 e. The van der Waals surface area contributed by atoms with Crippen LogP contribution in [0.25, 0.3) is 0 Å². The Morgan fingerprint density at radius 3 is 2.50 bits per heavy atom. The fourth-order valence-corrected chi connectivity index (χ4v) is 1.24. The average Bonchev–Trinajstić information content (AvgIpc) is 2.24. The standard InChI is InChI=1S/C10H8F3NO4/c1-6-4-7(2-3-8(6)14(16)17)5-18-9(15)10(11,12)13/h2-4H,5H2,1H3. The first-order chi connectivity index (χ1) is 8.21. The molecule has 0 bridgehead atoms. The van der Waals surface area contributed by atoms with E-state index < -0.39 is 23.7 Å². The van der Waals surface area contributed by atoms with Crippen molar-refractivity contribution in [3.8, 4) is 0 Å². The Hall–Kier alpha value is -2.12. The molecule has 0 saturated heterocycles. The number of carbonyl (C=O) groups excluding carboxylic acids is 1. The van der Waals surface area contributed by atoms with E-state index in [9.17, 15) is 28.1 Å². The molecule has 0 aliphatic carbocycles. The first-order valence-electron chi connectivity index (χ1n) is 4.69. The van der Waals surface area contributed by atoms with E-state index in [2.05, 4.69) is 4.74 Å². The number of halogens is 3. The van der Waals surface area contributed by atoms with Gasteiger partial charge in [0.2, 0.25) is 0 Å². The monoisotopic (exact) mass is 263 g/mol. The molecule has 1 aromatic rings. The van der Waals surface area contributed by atoms with Crippen molar-refractivity contribution >= 4 is 11.7 Å². The molecule has 0 amide bonds. The van der Waals surface area contributed by atoms with Gasteiger partial charge in [-0.1, -0.05) is 0 Å². The zero-order valence-corrected chi connectivity index (χ0v) is 9.15. The van der Waals surface area contributed by atoms with Crippen LogP contribution in [0.3, 0.4) is 0 Å². The third kappa shape index (κ3) is 3.44. The molecule has 1 aromatic carbocycles. The van der Waals surface area contributed by atoms with Crippen molar-refractivity contribution in [3.63, 3.8) is 0 Å². The number of esters is 1. The van der Waals surface area contributed by atoms with Crippen LogP contribution in [0.1, 0.15) is 11.1 Å². The molecule has 0 aliphatic rings. The fraction of sp³-hybridized carbons (Fsp3) is 0.300. The average molecular weight is 263 g/mol. The highest BCUT2D eigenvalue weighted by molar-refractivity contribution is 5.75. The number of nitro groups is 1. The molecule has 0 radical (unpaired) electrons. The van der Waals surface area contributed by atoms with Gasteiger partial charge in [0.15, 0.2) is 0 Å². The van der Waals surface area contributed by atoms with Gasteiger partial charge >= 0.3 is 12.1 Å². The number of hydrogen-bond acceptors (Lipinski definition) is 4. The van der Waals surface area contributed by atoms with E-state index in [1.165, 1.54) is 19.1 Å². The molecular weight excluding hydrogens is 255 g/mol. The number of hydrogen-bond donors (Lipinski definition) is 0. The Morgan fingerprint density at radius 2 is 2.06 bits per heavy atom. The lowest BCUT2D eigenvalue weighted by molar-refractivity contribution is -0.385. The van der Waals surface area contributed by atoms with Gasteiger partial charge < -0.3 is 4.74 Å². The van der Waals surface area contributed by atoms with Crippen LogP contribution in [0.15, 0.2) is 18.2 Å². The maximum atomic E-state index is 11.8. The fourth-order valence-electron chi connectivity index (χ4n) is 1.24. The molecule has 8 heteroatoms. The summed E-state index contributed by atoms with van der Waals surface area (Å²) < 4.78 is 39.5. The largest absolute Gasteiger partial charge is 0.490 e. The lowest BCUT2D eigenvalue weighted by Gasteiger charge is -2.07. The van der Waals surface area contributed by atoms with Gasteiger partial charge in [0.25, 0.3) is 5.69 Å². The van der Waals surface area contributed by atoms with Crippen LogP contribution in [0, 0.1) is 17.0 Å². The number of carbonyl (C=O) groups is 1. The normalized spacial score (nSPS) is 11.1. The van der Waals surface area contributed by atoms with E-state index in [4.69, 9.17) is 0 Å². The molecule has 18 heavy (non-hydrogen) atoms. The van der Waals surface area contributed by atoms with Crippen LogP contribution in [-0.2, 0) is 16.1 Å². The Labute approximate surface area is 99.3 Å². The Balaban J connectivity index is 2.73. The summed E-state index contributed by atoms with van der Waals surface area (Å²) in [5, 5.41) is 10.5.